The van der Waals surface area contributed by atoms with Crippen LogP contribution in [0.2, 0.25) is 5.02 Å². The molecule has 0 aliphatic carbocycles. The first-order chi connectivity index (χ1) is 14.8. The number of halogens is 1. The normalized spacial score (nSPS) is 18.5. The Morgan fingerprint density at radius 1 is 1.19 bits per heavy atom. The van der Waals surface area contributed by atoms with Gasteiger partial charge in [0.15, 0.2) is 0 Å². The average Bonchev–Trinajstić information content (AvgIpc) is 2.74. The van der Waals surface area contributed by atoms with Crippen molar-refractivity contribution in [2.24, 2.45) is 11.1 Å². The lowest BCUT2D eigenvalue weighted by molar-refractivity contribution is -0.135. The second-order valence-corrected chi connectivity index (χ2v) is 8.89. The largest absolute Gasteiger partial charge is 0.493 e. The van der Waals surface area contributed by atoms with E-state index in [4.69, 9.17) is 22.1 Å². The van der Waals surface area contributed by atoms with E-state index in [0.29, 0.717) is 30.5 Å². The first kappa shape index (κ1) is 22.9. The van der Waals surface area contributed by atoms with Gasteiger partial charge in [0.05, 0.1) is 13.2 Å². The van der Waals surface area contributed by atoms with Crippen molar-refractivity contribution in [2.75, 3.05) is 31.6 Å². The predicted molar refractivity (Wildman–Crippen MR) is 123 cm³/mol. The number of hydrogen-bond donors (Lipinski definition) is 2. The number of piperidine rings is 1. The van der Waals surface area contributed by atoms with Crippen LogP contribution in [0.25, 0.3) is 0 Å². The van der Waals surface area contributed by atoms with Gasteiger partial charge in [-0.2, -0.15) is 0 Å². The van der Waals surface area contributed by atoms with Crippen LogP contribution in [-0.2, 0) is 9.59 Å². The lowest BCUT2D eigenvalue weighted by Gasteiger charge is -2.42. The summed E-state index contributed by atoms with van der Waals surface area (Å²) in [5.74, 6) is 0.301. The van der Waals surface area contributed by atoms with Crippen molar-refractivity contribution >= 4 is 29.1 Å². The van der Waals surface area contributed by atoms with E-state index in [9.17, 15) is 9.59 Å². The first-order valence-electron chi connectivity index (χ1n) is 10.5. The summed E-state index contributed by atoms with van der Waals surface area (Å²) >= 11 is 6.09. The van der Waals surface area contributed by atoms with Gasteiger partial charge < -0.3 is 20.7 Å². The molecule has 1 fully saturated rings. The quantitative estimate of drug-likeness (QED) is 0.647. The lowest BCUT2D eigenvalue weighted by Crippen LogP contribution is -2.51. The third-order valence-corrected chi connectivity index (χ3v) is 6.16. The number of benzene rings is 2. The summed E-state index contributed by atoms with van der Waals surface area (Å²) in [6, 6.07) is 13.4. The fourth-order valence-corrected chi connectivity index (χ4v) is 4.13. The van der Waals surface area contributed by atoms with Gasteiger partial charge in [0.2, 0.25) is 11.8 Å². The number of rotatable bonds is 8. The van der Waals surface area contributed by atoms with Crippen LogP contribution in [0, 0.1) is 19.3 Å². The number of ether oxygens (including phenoxy) is 1. The molecule has 1 aliphatic heterocycles. The summed E-state index contributed by atoms with van der Waals surface area (Å²) in [5.41, 5.74) is 8.05. The highest BCUT2D eigenvalue weighted by Gasteiger charge is 2.39. The smallest absolute Gasteiger partial charge is 0.241 e. The van der Waals surface area contributed by atoms with Crippen LogP contribution in [0.15, 0.2) is 42.5 Å². The zero-order chi connectivity index (χ0) is 22.4. The number of carbonyl (C=O) groups is 2. The molecule has 2 aromatic carbocycles. The molecule has 1 aliphatic rings. The maximum Gasteiger partial charge on any atom is 0.241 e. The van der Waals surface area contributed by atoms with Gasteiger partial charge in [-0.3, -0.25) is 9.59 Å². The van der Waals surface area contributed by atoms with E-state index in [1.807, 2.05) is 55.1 Å². The van der Waals surface area contributed by atoms with Crippen molar-refractivity contribution in [3.05, 3.63) is 58.6 Å². The van der Waals surface area contributed by atoms with Gasteiger partial charge in [-0.1, -0.05) is 29.3 Å². The molecule has 1 saturated heterocycles. The van der Waals surface area contributed by atoms with E-state index in [-0.39, 0.29) is 24.8 Å². The molecule has 0 radical (unpaired) electrons. The monoisotopic (exact) mass is 443 g/mol. The Morgan fingerprint density at radius 3 is 2.61 bits per heavy atom. The molecule has 0 bridgehead atoms. The molecule has 0 spiro atoms. The first-order valence-corrected chi connectivity index (χ1v) is 10.9. The van der Waals surface area contributed by atoms with Crippen molar-refractivity contribution in [3.8, 4) is 5.75 Å². The summed E-state index contributed by atoms with van der Waals surface area (Å²) in [7, 11) is 0. The van der Waals surface area contributed by atoms with E-state index in [0.717, 1.165) is 24.1 Å². The third-order valence-electron chi connectivity index (χ3n) is 5.73. The number of amides is 2. The Balaban J connectivity index is 1.65. The van der Waals surface area contributed by atoms with Crippen molar-refractivity contribution in [1.82, 2.24) is 4.90 Å². The second kappa shape index (κ2) is 10.1. The Bertz CT molecular complexity index is 932. The highest BCUT2D eigenvalue weighted by Crippen LogP contribution is 2.35. The summed E-state index contributed by atoms with van der Waals surface area (Å²) < 4.78 is 6.03. The zero-order valence-corrected chi connectivity index (χ0v) is 18.9. The lowest BCUT2D eigenvalue weighted by atomic mass is 9.77. The van der Waals surface area contributed by atoms with E-state index in [1.165, 1.54) is 5.56 Å². The van der Waals surface area contributed by atoms with Crippen molar-refractivity contribution in [1.29, 1.82) is 0 Å². The Labute approximate surface area is 188 Å². The van der Waals surface area contributed by atoms with Gasteiger partial charge in [0.1, 0.15) is 5.75 Å². The van der Waals surface area contributed by atoms with Crippen LogP contribution in [0.4, 0.5) is 5.69 Å². The van der Waals surface area contributed by atoms with Gasteiger partial charge in [0, 0.05) is 35.6 Å². The molecule has 0 unspecified atom stereocenters. The molecule has 1 atom stereocenters. The number of carbonyl (C=O) groups excluding carboxylic acids is 2. The van der Waals surface area contributed by atoms with Crippen molar-refractivity contribution in [3.63, 3.8) is 0 Å². The average molecular weight is 444 g/mol. The maximum absolute atomic E-state index is 12.9. The number of nitrogens with two attached hydrogens (primary N) is 1. The molecule has 3 N–H and O–H groups in total. The Kier molecular flexibility index (Phi) is 7.44. The number of nitrogens with one attached hydrogen (secondary N) is 1. The number of nitrogens with zero attached hydrogens (tertiary/aromatic N) is 1. The fraction of sp³-hybridized carbons (Fsp3) is 0.417. The second-order valence-electron chi connectivity index (χ2n) is 8.48. The number of hydrogen-bond acceptors (Lipinski definition) is 4. The molecule has 31 heavy (non-hydrogen) atoms. The van der Waals surface area contributed by atoms with E-state index in [2.05, 4.69) is 5.32 Å². The van der Waals surface area contributed by atoms with Crippen LogP contribution in [0.5, 0.6) is 5.75 Å². The molecular formula is C24H30ClN3O3. The SMILES string of the molecule is Cc1ccc(NCC(=O)N2CCC[C@](COc3ccc(Cl)c(C)c3)(CC(N)=O)C2)cc1. The molecule has 7 heteroatoms. The fourth-order valence-electron chi connectivity index (χ4n) is 4.01. The van der Waals surface area contributed by atoms with Crippen LogP contribution in [-0.4, -0.2) is 43.0 Å². The maximum atomic E-state index is 12.9. The van der Waals surface area contributed by atoms with Crippen molar-refractivity contribution in [2.45, 2.75) is 33.1 Å². The molecule has 166 valence electrons. The highest BCUT2D eigenvalue weighted by molar-refractivity contribution is 6.31. The summed E-state index contributed by atoms with van der Waals surface area (Å²) in [6.07, 6.45) is 1.75. The molecule has 2 aromatic rings. The standard InChI is InChI=1S/C24H30ClN3O3/c1-17-4-6-19(7-5-17)27-14-23(30)28-11-3-10-24(15-28,13-22(26)29)16-31-20-8-9-21(25)18(2)12-20/h4-9,12,27H,3,10-11,13-16H2,1-2H3,(H2,26,29)/t24-/m0/s1. The van der Waals surface area contributed by atoms with E-state index < -0.39 is 5.41 Å². The zero-order valence-electron chi connectivity index (χ0n) is 18.1. The molecule has 2 amide bonds. The topological polar surface area (TPSA) is 84.7 Å². The highest BCUT2D eigenvalue weighted by atomic mass is 35.5. The summed E-state index contributed by atoms with van der Waals surface area (Å²) in [5, 5.41) is 3.86. The molecule has 1 heterocycles. The molecular weight excluding hydrogens is 414 g/mol. The van der Waals surface area contributed by atoms with Crippen LogP contribution < -0.4 is 15.8 Å². The minimum Gasteiger partial charge on any atom is -0.493 e. The number of anilines is 1. The number of primary amides is 1. The Hall–Kier alpha value is -2.73. The van der Waals surface area contributed by atoms with Gasteiger partial charge in [-0.05, 0) is 62.6 Å². The van der Waals surface area contributed by atoms with Crippen molar-refractivity contribution < 1.29 is 14.3 Å². The summed E-state index contributed by atoms with van der Waals surface area (Å²) in [6.45, 7) is 5.55. The van der Waals surface area contributed by atoms with Crippen LogP contribution >= 0.6 is 11.6 Å². The third kappa shape index (κ3) is 6.37. The number of aryl methyl sites for hydroxylation is 2. The van der Waals surface area contributed by atoms with Crippen LogP contribution in [0.1, 0.15) is 30.4 Å². The molecule has 6 nitrogen and oxygen atoms in total. The minimum absolute atomic E-state index is 0.00328. The number of likely N-dealkylation sites (tertiary alicyclic amines) is 1. The molecule has 3 rings (SSSR count). The van der Waals surface area contributed by atoms with Gasteiger partial charge in [0.25, 0.3) is 0 Å². The molecule has 0 aromatic heterocycles. The van der Waals surface area contributed by atoms with Gasteiger partial charge in [-0.15, -0.1) is 0 Å². The van der Waals surface area contributed by atoms with Gasteiger partial charge >= 0.3 is 0 Å². The van der Waals surface area contributed by atoms with E-state index in [1.54, 1.807) is 6.07 Å². The Morgan fingerprint density at radius 2 is 1.94 bits per heavy atom. The minimum atomic E-state index is -0.503. The molecule has 0 saturated carbocycles. The van der Waals surface area contributed by atoms with Gasteiger partial charge in [-0.25, -0.2) is 0 Å². The predicted octanol–water partition coefficient (Wildman–Crippen LogP) is 3.93. The van der Waals surface area contributed by atoms with E-state index >= 15 is 0 Å². The van der Waals surface area contributed by atoms with Crippen LogP contribution in [0.3, 0.4) is 0 Å². The summed E-state index contributed by atoms with van der Waals surface area (Å²) in [4.78, 5) is 26.5.